The van der Waals surface area contributed by atoms with Crippen molar-refractivity contribution < 1.29 is 18.0 Å². The van der Waals surface area contributed by atoms with Crippen LogP contribution in [-0.4, -0.2) is 44.6 Å². The molecule has 0 saturated heterocycles. The predicted molar refractivity (Wildman–Crippen MR) is 109 cm³/mol. The van der Waals surface area contributed by atoms with Crippen molar-refractivity contribution in [3.05, 3.63) is 71.1 Å². The Morgan fingerprint density at radius 2 is 1.80 bits per heavy atom. The van der Waals surface area contributed by atoms with Crippen molar-refractivity contribution in [3.63, 3.8) is 0 Å². The fourth-order valence-electron chi connectivity index (χ4n) is 3.59. The molecule has 0 amide bonds. The van der Waals surface area contributed by atoms with Gasteiger partial charge in [0.15, 0.2) is 5.78 Å². The van der Waals surface area contributed by atoms with Crippen molar-refractivity contribution in [1.82, 2.24) is 19.0 Å². The average Bonchev–Trinajstić information content (AvgIpc) is 3.18. The summed E-state index contributed by atoms with van der Waals surface area (Å²) in [6.07, 6.45) is -1.68. The number of hydrogen-bond acceptors (Lipinski definition) is 3. The van der Waals surface area contributed by atoms with Gasteiger partial charge in [0.25, 0.3) is 0 Å². The number of ketones is 1. The Balaban J connectivity index is 1.73. The van der Waals surface area contributed by atoms with E-state index in [1.807, 2.05) is 55.7 Å². The minimum atomic E-state index is -4.32. The van der Waals surface area contributed by atoms with Crippen molar-refractivity contribution >= 4 is 5.78 Å². The van der Waals surface area contributed by atoms with Gasteiger partial charge >= 0.3 is 6.18 Å². The fraction of sp³-hybridized carbons (Fsp3) is 0.364. The number of aryl methyl sites for hydroxylation is 2. The van der Waals surface area contributed by atoms with Gasteiger partial charge in [0, 0.05) is 35.0 Å². The number of carbonyl (C=O) groups excluding carboxylic acids is 1. The molecule has 2 heterocycles. The molecule has 0 aliphatic carbocycles. The third-order valence-corrected chi connectivity index (χ3v) is 5.00. The van der Waals surface area contributed by atoms with Crippen LogP contribution in [0.1, 0.15) is 33.1 Å². The van der Waals surface area contributed by atoms with Gasteiger partial charge in [-0.05, 0) is 46.0 Å². The molecular weight excluding hydrogens is 393 g/mol. The lowest BCUT2D eigenvalue weighted by atomic mass is 10.1. The molecule has 30 heavy (non-hydrogen) atoms. The lowest BCUT2D eigenvalue weighted by molar-refractivity contribution is -0.141. The number of rotatable bonds is 7. The summed E-state index contributed by atoms with van der Waals surface area (Å²) in [5.41, 5.74) is 4.54. The normalized spacial score (nSPS) is 12.0. The molecule has 0 spiro atoms. The zero-order chi connectivity index (χ0) is 22.1. The van der Waals surface area contributed by atoms with Gasteiger partial charge in [-0.3, -0.25) is 9.69 Å². The summed E-state index contributed by atoms with van der Waals surface area (Å²) in [4.78, 5) is 18.6. The molecule has 0 aliphatic rings. The van der Waals surface area contributed by atoms with Gasteiger partial charge < -0.3 is 9.13 Å². The molecular formula is C22H25F3N4O. The monoisotopic (exact) mass is 418 g/mol. The van der Waals surface area contributed by atoms with Crippen molar-refractivity contribution in [2.75, 3.05) is 13.6 Å². The first-order chi connectivity index (χ1) is 14.0. The van der Waals surface area contributed by atoms with Crippen LogP contribution in [0.3, 0.4) is 0 Å². The Morgan fingerprint density at radius 1 is 1.13 bits per heavy atom. The molecule has 2 aromatic heterocycles. The van der Waals surface area contributed by atoms with Crippen LogP contribution in [0, 0.1) is 20.8 Å². The summed E-state index contributed by atoms with van der Waals surface area (Å²) < 4.78 is 41.2. The summed E-state index contributed by atoms with van der Waals surface area (Å²) in [5, 5.41) is 0. The van der Waals surface area contributed by atoms with Crippen LogP contribution < -0.4 is 0 Å². The first-order valence-corrected chi connectivity index (χ1v) is 9.59. The largest absolute Gasteiger partial charge is 0.406 e. The van der Waals surface area contributed by atoms with E-state index in [4.69, 9.17) is 0 Å². The SMILES string of the molecule is Cc1ccc(-n2c(C)cc(C(=O)CN(C)Cc3nccn3CC(F)(F)F)c2C)cc1. The number of aromatic nitrogens is 3. The number of imidazole rings is 1. The molecule has 0 aliphatic heterocycles. The summed E-state index contributed by atoms with van der Waals surface area (Å²) in [6, 6.07) is 9.92. The average molecular weight is 418 g/mol. The molecule has 0 unspecified atom stereocenters. The lowest BCUT2D eigenvalue weighted by Crippen LogP contribution is -2.28. The van der Waals surface area contributed by atoms with Gasteiger partial charge in [-0.1, -0.05) is 17.7 Å². The number of likely N-dealkylation sites (N-methyl/N-ethyl adjacent to an activating group) is 1. The van der Waals surface area contributed by atoms with E-state index in [0.29, 0.717) is 5.56 Å². The van der Waals surface area contributed by atoms with Crippen LogP contribution in [-0.2, 0) is 13.1 Å². The second-order valence-corrected chi connectivity index (χ2v) is 7.64. The van der Waals surface area contributed by atoms with Crippen molar-refractivity contribution in [2.24, 2.45) is 0 Å². The van der Waals surface area contributed by atoms with Crippen molar-refractivity contribution in [2.45, 2.75) is 40.0 Å². The van der Waals surface area contributed by atoms with E-state index in [1.165, 1.54) is 12.4 Å². The number of Topliss-reactive ketones (excluding diaryl/α,β-unsaturated/α-hetero) is 1. The number of carbonyl (C=O) groups is 1. The minimum absolute atomic E-state index is 0.0804. The number of halogens is 3. The standard InChI is InChI=1S/C22H25F3N4O/c1-15-5-7-18(8-6-15)29-16(2)11-19(17(29)3)20(30)12-27(4)13-21-26-9-10-28(21)14-22(23,24)25/h5-11H,12-14H2,1-4H3. The quantitative estimate of drug-likeness (QED) is 0.532. The zero-order valence-electron chi connectivity index (χ0n) is 17.5. The molecule has 3 aromatic rings. The van der Waals surface area contributed by atoms with Gasteiger partial charge in [0.1, 0.15) is 12.4 Å². The maximum Gasteiger partial charge on any atom is 0.406 e. The van der Waals surface area contributed by atoms with E-state index < -0.39 is 12.7 Å². The Kier molecular flexibility index (Phi) is 6.17. The van der Waals surface area contributed by atoms with Crippen LogP contribution in [0.15, 0.2) is 42.7 Å². The highest BCUT2D eigenvalue weighted by Crippen LogP contribution is 2.22. The third-order valence-electron chi connectivity index (χ3n) is 5.00. The number of nitrogens with zero attached hydrogens (tertiary/aromatic N) is 4. The van der Waals surface area contributed by atoms with Gasteiger partial charge in [-0.15, -0.1) is 0 Å². The molecule has 0 fully saturated rings. The second-order valence-electron chi connectivity index (χ2n) is 7.64. The third kappa shape index (κ3) is 4.99. The molecule has 0 N–H and O–H groups in total. The zero-order valence-corrected chi connectivity index (χ0v) is 17.5. The van der Waals surface area contributed by atoms with Gasteiger partial charge in [0.2, 0.25) is 0 Å². The predicted octanol–water partition coefficient (Wildman–Crippen LogP) is 4.48. The number of benzene rings is 1. The van der Waals surface area contributed by atoms with Gasteiger partial charge in [-0.25, -0.2) is 4.98 Å². The second kappa shape index (κ2) is 8.47. The molecule has 0 radical (unpaired) electrons. The fourth-order valence-corrected chi connectivity index (χ4v) is 3.59. The Morgan fingerprint density at radius 3 is 2.43 bits per heavy atom. The molecule has 3 rings (SSSR count). The molecule has 1 aromatic carbocycles. The molecule has 8 heteroatoms. The molecule has 5 nitrogen and oxygen atoms in total. The molecule has 0 saturated carbocycles. The number of hydrogen-bond donors (Lipinski definition) is 0. The molecule has 160 valence electrons. The van der Waals surface area contributed by atoms with Crippen molar-refractivity contribution in [1.29, 1.82) is 0 Å². The highest BCUT2D eigenvalue weighted by molar-refractivity contribution is 5.99. The molecule has 0 bridgehead atoms. The van der Waals surface area contributed by atoms with Crippen molar-refractivity contribution in [3.8, 4) is 5.69 Å². The Labute approximate surface area is 173 Å². The van der Waals surface area contributed by atoms with E-state index in [9.17, 15) is 18.0 Å². The van der Waals surface area contributed by atoms with Crippen LogP contribution in [0.2, 0.25) is 0 Å². The van der Waals surface area contributed by atoms with E-state index in [0.717, 1.165) is 27.2 Å². The summed E-state index contributed by atoms with van der Waals surface area (Å²) >= 11 is 0. The smallest absolute Gasteiger partial charge is 0.325 e. The number of alkyl halides is 3. The Hall–Kier alpha value is -2.87. The highest BCUT2D eigenvalue weighted by atomic mass is 19.4. The first kappa shape index (κ1) is 21.8. The Bertz CT molecular complexity index is 1030. The van der Waals surface area contributed by atoms with E-state index in [2.05, 4.69) is 4.98 Å². The van der Waals surface area contributed by atoms with Gasteiger partial charge in [-0.2, -0.15) is 13.2 Å². The first-order valence-electron chi connectivity index (χ1n) is 9.59. The van der Waals surface area contributed by atoms with E-state index >= 15 is 0 Å². The summed E-state index contributed by atoms with van der Waals surface area (Å²) in [6.45, 7) is 4.99. The minimum Gasteiger partial charge on any atom is -0.325 e. The van der Waals surface area contributed by atoms with Gasteiger partial charge in [0.05, 0.1) is 13.1 Å². The van der Waals surface area contributed by atoms with Crippen LogP contribution in [0.4, 0.5) is 13.2 Å². The summed E-state index contributed by atoms with van der Waals surface area (Å²) in [5.74, 6) is 0.186. The van der Waals surface area contributed by atoms with Crippen LogP contribution in [0.25, 0.3) is 5.69 Å². The maximum absolute atomic E-state index is 12.9. The highest BCUT2D eigenvalue weighted by Gasteiger charge is 2.29. The topological polar surface area (TPSA) is 43.1 Å². The van der Waals surface area contributed by atoms with E-state index in [1.54, 1.807) is 11.9 Å². The molecule has 0 atom stereocenters. The van der Waals surface area contributed by atoms with Crippen LogP contribution in [0.5, 0.6) is 0 Å². The van der Waals surface area contributed by atoms with E-state index in [-0.39, 0.29) is 24.7 Å². The lowest BCUT2D eigenvalue weighted by Gasteiger charge is -2.17. The summed E-state index contributed by atoms with van der Waals surface area (Å²) in [7, 11) is 1.70. The van der Waals surface area contributed by atoms with Crippen LogP contribution >= 0.6 is 0 Å². The maximum atomic E-state index is 12.9.